The molecule has 6 heterocycles. The summed E-state index contributed by atoms with van der Waals surface area (Å²) in [5.74, 6) is -6.20. The lowest BCUT2D eigenvalue weighted by atomic mass is 9.83. The molecule has 3 N–H and O–H groups in total. The minimum Gasteiger partial charge on any atom is -0.503 e. The molecule has 0 aliphatic carbocycles. The molecular weight excluding hydrogens is 1320 g/mol. The van der Waals surface area contributed by atoms with E-state index in [2.05, 4.69) is 24.3 Å². The smallest absolute Gasteiger partial charge is 0.341 e. The van der Waals surface area contributed by atoms with Gasteiger partial charge < -0.3 is 53.2 Å². The Labute approximate surface area is 598 Å². The molecule has 0 bridgehead atoms. The molecule has 3 amide bonds. The molecule has 20 heteroatoms. The lowest BCUT2D eigenvalue weighted by Gasteiger charge is -2.39. The summed E-state index contributed by atoms with van der Waals surface area (Å²) >= 11 is 0. The van der Waals surface area contributed by atoms with E-state index < -0.39 is 63.0 Å². The lowest BCUT2D eigenvalue weighted by molar-refractivity contribution is 0.0667. The van der Waals surface area contributed by atoms with E-state index in [1.54, 1.807) is 46.3 Å². The number of rotatable bonds is 18. The van der Waals surface area contributed by atoms with E-state index in [9.17, 15) is 58.5 Å². The fourth-order valence-corrected chi connectivity index (χ4v) is 14.1. The number of aromatic hydroxyl groups is 1. The van der Waals surface area contributed by atoms with Gasteiger partial charge in [-0.2, -0.15) is 0 Å². The molecule has 0 spiro atoms. The zero-order chi connectivity index (χ0) is 73.3. The van der Waals surface area contributed by atoms with Gasteiger partial charge in [0.25, 0.3) is 17.7 Å². The molecule has 0 radical (unpaired) electrons. The molecule has 3 aliphatic rings. The van der Waals surface area contributed by atoms with Crippen LogP contribution < -0.4 is 25.8 Å². The second kappa shape index (κ2) is 31.3. The van der Waals surface area contributed by atoms with Gasteiger partial charge in [-0.3, -0.25) is 33.6 Å². The van der Waals surface area contributed by atoms with Crippen LogP contribution in [0.3, 0.4) is 0 Å². The van der Waals surface area contributed by atoms with Gasteiger partial charge in [0.05, 0.1) is 23.7 Å². The summed E-state index contributed by atoms with van der Waals surface area (Å²) < 4.78 is 16.8. The van der Waals surface area contributed by atoms with Gasteiger partial charge in [-0.15, -0.1) is 0 Å². The molecule has 0 unspecified atom stereocenters. The minimum atomic E-state index is -1.45. The van der Waals surface area contributed by atoms with Gasteiger partial charge in [-0.05, 0) is 51.4 Å². The molecule has 3 aromatic heterocycles. The fourth-order valence-electron chi connectivity index (χ4n) is 14.1. The number of hydrogen-bond donors (Lipinski definition) is 3. The Balaban J connectivity index is 0.000000148. The first-order valence-electron chi connectivity index (χ1n) is 33.7. The Morgan fingerprint density at radius 3 is 0.885 bits per heavy atom. The number of likely N-dealkylation sites (N-methyl/N-ethyl adjacent to an activating group) is 3. The molecule has 0 saturated heterocycles. The van der Waals surface area contributed by atoms with Crippen molar-refractivity contribution in [3.8, 4) is 17.2 Å². The summed E-state index contributed by atoms with van der Waals surface area (Å²) in [7, 11) is 5.01. The Bertz CT molecular complexity index is 4810. The maximum absolute atomic E-state index is 13.5. The third-order valence-corrected chi connectivity index (χ3v) is 19.1. The van der Waals surface area contributed by atoms with Gasteiger partial charge in [0, 0.05) is 77.1 Å². The summed E-state index contributed by atoms with van der Waals surface area (Å²) in [5.41, 5.74) is 4.34. The summed E-state index contributed by atoms with van der Waals surface area (Å²) in [4.78, 5) is 120. The van der Waals surface area contributed by atoms with Gasteiger partial charge >= 0.3 is 11.9 Å². The predicted octanol–water partition coefficient (Wildman–Crippen LogP) is 12.4. The highest BCUT2D eigenvalue weighted by Gasteiger charge is 2.43. The van der Waals surface area contributed by atoms with Crippen molar-refractivity contribution in [1.82, 2.24) is 28.4 Å². The van der Waals surface area contributed by atoms with Crippen LogP contribution in [-0.2, 0) is 13.2 Å². The van der Waals surface area contributed by atoms with Gasteiger partial charge in [0.2, 0.25) is 16.3 Å². The van der Waals surface area contributed by atoms with Gasteiger partial charge in [-0.1, -0.05) is 243 Å². The Morgan fingerprint density at radius 1 is 0.365 bits per heavy atom. The number of carboxylic acids is 2. The zero-order valence-electron chi connectivity index (χ0n) is 57.3. The van der Waals surface area contributed by atoms with Crippen molar-refractivity contribution in [2.75, 3.05) is 40.8 Å². The normalized spacial score (nSPS) is 15.2. The van der Waals surface area contributed by atoms with Gasteiger partial charge in [0.15, 0.2) is 40.1 Å². The number of benzene rings is 8. The molecule has 14 rings (SSSR count). The first-order chi connectivity index (χ1) is 50.3. The number of aromatic carboxylic acids is 2. The summed E-state index contributed by atoms with van der Waals surface area (Å²) in [6, 6.07) is 76.8. The average Bonchev–Trinajstić information content (AvgIpc) is 0.763. The van der Waals surface area contributed by atoms with Crippen LogP contribution >= 0.6 is 0 Å². The van der Waals surface area contributed by atoms with Crippen LogP contribution in [0.4, 0.5) is 0 Å². The molecule has 0 saturated carbocycles. The molecule has 104 heavy (non-hydrogen) atoms. The van der Waals surface area contributed by atoms with E-state index in [4.69, 9.17) is 9.47 Å². The molecule has 524 valence electrons. The van der Waals surface area contributed by atoms with E-state index in [0.717, 1.165) is 44.5 Å². The van der Waals surface area contributed by atoms with Crippen LogP contribution in [0.15, 0.2) is 276 Å². The van der Waals surface area contributed by atoms with E-state index >= 15 is 0 Å². The Hall–Kier alpha value is -13.0. The summed E-state index contributed by atoms with van der Waals surface area (Å²) in [6.07, 6.45) is 4.02. The maximum atomic E-state index is 13.5. The molecule has 8 aromatic carbocycles. The Kier molecular flexibility index (Phi) is 21.3. The lowest BCUT2D eigenvalue weighted by Crippen LogP contribution is -2.45. The second-order valence-corrected chi connectivity index (χ2v) is 25.8. The van der Waals surface area contributed by atoms with E-state index in [1.165, 1.54) is 28.8 Å². The van der Waals surface area contributed by atoms with Crippen LogP contribution in [-0.4, -0.2) is 120 Å². The van der Waals surface area contributed by atoms with Crippen LogP contribution in [0, 0.1) is 0 Å². The number of ether oxygens (including phenoxy) is 2. The number of hydrogen-bond acceptors (Lipinski definition) is 12. The standard InChI is InChI=1S/C31H28N2O4.C30H26N2O5.C23H20N2O5/c1-21(34)25-18-33-26(27(23-14-8-4-9-15-23)24-16-10-5-11-17-24)19-32(2)31(36)28(33)30(29(25)35)37-20-22-12-6-3-7-13-22;1-31-18-24(25(21-13-7-3-8-14-21)22-15-9-4-10-16-22)32-17-23(30(35)36)27(33)28(26(32)29(31)34)37-19-20-11-5-2-6-12-20;1-24-13-17(18(14-8-4-2-5-9-14)15-10-6-3-7-11-15)25-12-16(23(29)30)20(26)21(27)19(25)22(24)28/h3-18,26-27H,19-20H2,1-2H3;2-17,24-25H,18-19H2,1H3,(H,35,36);2-12,17-18,27H,13H2,1H3,(H,29,30)/t26-;24-;17-/m111/s1. The van der Waals surface area contributed by atoms with Gasteiger partial charge in [-0.25, -0.2) is 9.59 Å². The highest BCUT2D eigenvalue weighted by atomic mass is 16.5. The highest BCUT2D eigenvalue weighted by Crippen LogP contribution is 2.44. The summed E-state index contributed by atoms with van der Waals surface area (Å²) in [6.45, 7) is 2.49. The number of pyridine rings is 3. The van der Waals surface area contributed by atoms with Crippen molar-refractivity contribution in [3.63, 3.8) is 0 Å². The first-order valence-corrected chi connectivity index (χ1v) is 33.7. The number of carbonyl (C=O) groups is 6. The maximum Gasteiger partial charge on any atom is 0.341 e. The highest BCUT2D eigenvalue weighted by molar-refractivity contribution is 6.00. The topological polar surface area (TPSA) is 257 Å². The number of amides is 3. The minimum absolute atomic E-state index is 0.00837. The molecule has 20 nitrogen and oxygen atoms in total. The van der Waals surface area contributed by atoms with E-state index in [-0.39, 0.29) is 95.4 Å². The number of Topliss-reactive ketones (excluding diaryl/α,β-unsaturated/α-hetero) is 1. The molecular formula is C84H74N6O14. The van der Waals surface area contributed by atoms with Crippen molar-refractivity contribution in [2.24, 2.45) is 0 Å². The van der Waals surface area contributed by atoms with Crippen molar-refractivity contribution in [2.45, 2.75) is 56.0 Å². The third kappa shape index (κ3) is 14.6. The number of carbonyl (C=O) groups excluding carboxylic acids is 4. The monoisotopic (exact) mass is 1390 g/mol. The number of fused-ring (bicyclic) bond motifs is 3. The number of aromatic nitrogens is 3. The van der Waals surface area contributed by atoms with Crippen molar-refractivity contribution < 1.29 is 53.6 Å². The molecule has 3 aliphatic heterocycles. The fraction of sp³-hybridized carbons (Fsp3) is 0.179. The van der Waals surface area contributed by atoms with Gasteiger partial charge in [0.1, 0.15) is 24.3 Å². The average molecular weight is 1390 g/mol. The Morgan fingerprint density at radius 2 is 0.606 bits per heavy atom. The van der Waals surface area contributed by atoms with Crippen LogP contribution in [0.5, 0.6) is 17.2 Å². The van der Waals surface area contributed by atoms with Crippen LogP contribution in [0.1, 0.15) is 150 Å². The third-order valence-electron chi connectivity index (χ3n) is 19.1. The quantitative estimate of drug-likeness (QED) is 0.0675. The predicted molar refractivity (Wildman–Crippen MR) is 391 cm³/mol. The second-order valence-electron chi connectivity index (χ2n) is 25.8. The number of ketones is 1. The van der Waals surface area contributed by atoms with E-state index in [0.29, 0.717) is 13.1 Å². The van der Waals surface area contributed by atoms with Crippen molar-refractivity contribution in [1.29, 1.82) is 0 Å². The molecule has 11 aromatic rings. The number of nitrogens with zero attached hydrogens (tertiary/aromatic N) is 6. The SMILES string of the molecule is CC(=O)c1cn2c(c(OCc3ccccc3)c1=O)C(=O)N(C)C[C@@H]2C(c1ccccc1)c1ccccc1.CN1C[C@H](C(c2ccccc2)c2ccccc2)n2cc(C(=O)O)c(=O)c(O)c2C1=O.CN1C[C@H](C(c2ccccc2)c2ccccc2)n2cc(C(=O)O)c(=O)c(OCc3ccccc3)c2C1=O. The van der Waals surface area contributed by atoms with Crippen molar-refractivity contribution >= 4 is 35.4 Å². The molecule has 3 atom stereocenters. The summed E-state index contributed by atoms with van der Waals surface area (Å²) in [5, 5.41) is 29.8. The van der Waals surface area contributed by atoms with Crippen molar-refractivity contribution in [3.05, 3.63) is 370 Å². The van der Waals surface area contributed by atoms with Crippen LogP contribution in [0.25, 0.3) is 0 Å². The first kappa shape index (κ1) is 70.9. The molecule has 0 fully saturated rings. The largest absolute Gasteiger partial charge is 0.503 e. The van der Waals surface area contributed by atoms with E-state index in [1.807, 2.05) is 218 Å². The number of carboxylic acid groups (broad SMARTS) is 2. The van der Waals surface area contributed by atoms with Crippen LogP contribution in [0.2, 0.25) is 0 Å². The zero-order valence-corrected chi connectivity index (χ0v) is 57.3.